The second-order valence-electron chi connectivity index (χ2n) is 5.69. The molecule has 2 N–H and O–H groups in total. The first-order valence-corrected chi connectivity index (χ1v) is 7.89. The summed E-state index contributed by atoms with van der Waals surface area (Å²) in [6.45, 7) is 6.48. The lowest BCUT2D eigenvalue weighted by Gasteiger charge is -2.33. The molecule has 0 aliphatic carbocycles. The van der Waals surface area contributed by atoms with Crippen molar-refractivity contribution in [3.63, 3.8) is 0 Å². The van der Waals surface area contributed by atoms with E-state index in [1.165, 1.54) is 19.3 Å². The Morgan fingerprint density at radius 3 is 2.48 bits per heavy atom. The van der Waals surface area contributed by atoms with Crippen molar-refractivity contribution >= 4 is 17.8 Å². The van der Waals surface area contributed by atoms with Crippen LogP contribution >= 0.6 is 0 Å². The Bertz CT molecular complexity index is 477. The van der Waals surface area contributed by atoms with Crippen LogP contribution in [0.5, 0.6) is 0 Å². The standard InChI is InChI=1S/C14H24N6O/c1-2-11-10-20(8-9-21-11)14-17-12(15)16-13(18-14)19-6-4-3-5-7-19/h11H,2-10H2,1H3,(H2,15,16,17,18). The van der Waals surface area contributed by atoms with E-state index in [9.17, 15) is 0 Å². The summed E-state index contributed by atoms with van der Waals surface area (Å²) in [5, 5.41) is 0. The third-order valence-corrected chi connectivity index (χ3v) is 4.14. The lowest BCUT2D eigenvalue weighted by Crippen LogP contribution is -2.43. The maximum Gasteiger partial charge on any atom is 0.232 e. The van der Waals surface area contributed by atoms with Crippen LogP contribution in [0.25, 0.3) is 0 Å². The molecule has 2 aliphatic heterocycles. The number of nitrogens with zero attached hydrogens (tertiary/aromatic N) is 5. The number of morpholine rings is 1. The molecule has 0 saturated carbocycles. The van der Waals surface area contributed by atoms with Gasteiger partial charge < -0.3 is 20.3 Å². The van der Waals surface area contributed by atoms with Crippen molar-refractivity contribution in [1.29, 1.82) is 0 Å². The van der Waals surface area contributed by atoms with E-state index in [2.05, 4.69) is 31.7 Å². The summed E-state index contributed by atoms with van der Waals surface area (Å²) < 4.78 is 5.70. The second kappa shape index (κ2) is 6.43. The van der Waals surface area contributed by atoms with Crippen LogP contribution in [0.4, 0.5) is 17.8 Å². The van der Waals surface area contributed by atoms with Crippen molar-refractivity contribution in [2.45, 2.75) is 38.7 Å². The molecule has 21 heavy (non-hydrogen) atoms. The molecule has 7 heteroatoms. The van der Waals surface area contributed by atoms with Gasteiger partial charge in [0, 0.05) is 26.2 Å². The average Bonchev–Trinajstić information content (AvgIpc) is 2.55. The Labute approximate surface area is 125 Å². The molecule has 0 amide bonds. The number of hydrogen-bond donors (Lipinski definition) is 1. The molecule has 2 saturated heterocycles. The molecule has 3 rings (SSSR count). The van der Waals surface area contributed by atoms with Gasteiger partial charge in [-0.3, -0.25) is 0 Å². The van der Waals surface area contributed by atoms with Crippen LogP contribution in [0.15, 0.2) is 0 Å². The van der Waals surface area contributed by atoms with Crippen LogP contribution in [0.2, 0.25) is 0 Å². The Balaban J connectivity index is 1.80. The van der Waals surface area contributed by atoms with Gasteiger partial charge in [0.05, 0.1) is 12.7 Å². The molecule has 0 radical (unpaired) electrons. The first-order chi connectivity index (χ1) is 10.3. The molecule has 0 spiro atoms. The molecular formula is C14H24N6O. The fraction of sp³-hybridized carbons (Fsp3) is 0.786. The van der Waals surface area contributed by atoms with E-state index in [0.29, 0.717) is 18.5 Å². The zero-order chi connectivity index (χ0) is 14.7. The van der Waals surface area contributed by atoms with Crippen LogP contribution in [0, 0.1) is 0 Å². The number of hydrogen-bond acceptors (Lipinski definition) is 7. The minimum Gasteiger partial charge on any atom is -0.375 e. The number of rotatable bonds is 3. The van der Waals surface area contributed by atoms with E-state index >= 15 is 0 Å². The van der Waals surface area contributed by atoms with Gasteiger partial charge in [0.25, 0.3) is 0 Å². The summed E-state index contributed by atoms with van der Waals surface area (Å²) >= 11 is 0. The van der Waals surface area contributed by atoms with Crippen LogP contribution in [0.3, 0.4) is 0 Å². The molecule has 1 aromatic rings. The molecule has 3 heterocycles. The van der Waals surface area contributed by atoms with Crippen LogP contribution in [-0.2, 0) is 4.74 Å². The molecule has 1 atom stereocenters. The summed E-state index contributed by atoms with van der Waals surface area (Å²) in [7, 11) is 0. The van der Waals surface area contributed by atoms with Gasteiger partial charge in [-0.2, -0.15) is 15.0 Å². The van der Waals surface area contributed by atoms with Crippen LogP contribution in [-0.4, -0.2) is 53.8 Å². The summed E-state index contributed by atoms with van der Waals surface area (Å²) in [6.07, 6.45) is 4.91. The summed E-state index contributed by atoms with van der Waals surface area (Å²) in [5.41, 5.74) is 5.89. The highest BCUT2D eigenvalue weighted by molar-refractivity contribution is 5.44. The van der Waals surface area contributed by atoms with Gasteiger partial charge in [-0.1, -0.05) is 6.92 Å². The quantitative estimate of drug-likeness (QED) is 0.892. The highest BCUT2D eigenvalue weighted by Gasteiger charge is 2.23. The van der Waals surface area contributed by atoms with Gasteiger partial charge in [0.1, 0.15) is 0 Å². The monoisotopic (exact) mass is 292 g/mol. The zero-order valence-corrected chi connectivity index (χ0v) is 12.7. The highest BCUT2D eigenvalue weighted by atomic mass is 16.5. The second-order valence-corrected chi connectivity index (χ2v) is 5.69. The molecule has 2 aliphatic rings. The molecule has 1 aromatic heterocycles. The normalized spacial score (nSPS) is 23.4. The van der Waals surface area contributed by atoms with Crippen molar-refractivity contribution in [2.24, 2.45) is 0 Å². The first kappa shape index (κ1) is 14.3. The predicted octanol–water partition coefficient (Wildman–Crippen LogP) is 1.06. The Morgan fingerprint density at radius 1 is 1.05 bits per heavy atom. The van der Waals surface area contributed by atoms with Crippen molar-refractivity contribution in [1.82, 2.24) is 15.0 Å². The minimum atomic E-state index is 0.246. The number of anilines is 3. The zero-order valence-electron chi connectivity index (χ0n) is 12.7. The van der Waals surface area contributed by atoms with Crippen LogP contribution < -0.4 is 15.5 Å². The van der Waals surface area contributed by atoms with E-state index in [0.717, 1.165) is 38.5 Å². The predicted molar refractivity (Wildman–Crippen MR) is 82.5 cm³/mol. The number of nitrogens with two attached hydrogens (primary N) is 1. The van der Waals surface area contributed by atoms with E-state index in [-0.39, 0.29) is 6.10 Å². The van der Waals surface area contributed by atoms with E-state index in [4.69, 9.17) is 10.5 Å². The highest BCUT2D eigenvalue weighted by Crippen LogP contribution is 2.21. The van der Waals surface area contributed by atoms with Gasteiger partial charge in [-0.15, -0.1) is 0 Å². The Kier molecular flexibility index (Phi) is 4.38. The molecular weight excluding hydrogens is 268 g/mol. The molecule has 0 aromatic carbocycles. The summed E-state index contributed by atoms with van der Waals surface area (Å²) in [4.78, 5) is 17.6. The first-order valence-electron chi connectivity index (χ1n) is 7.89. The van der Waals surface area contributed by atoms with Crippen LogP contribution in [0.1, 0.15) is 32.6 Å². The number of ether oxygens (including phenoxy) is 1. The van der Waals surface area contributed by atoms with Crippen molar-refractivity contribution in [3.8, 4) is 0 Å². The Morgan fingerprint density at radius 2 is 1.76 bits per heavy atom. The molecule has 7 nitrogen and oxygen atoms in total. The van der Waals surface area contributed by atoms with Gasteiger partial charge in [-0.25, -0.2) is 0 Å². The average molecular weight is 292 g/mol. The topological polar surface area (TPSA) is 80.4 Å². The maximum absolute atomic E-state index is 5.89. The fourth-order valence-corrected chi connectivity index (χ4v) is 2.89. The van der Waals surface area contributed by atoms with Crippen molar-refractivity contribution < 1.29 is 4.74 Å². The lowest BCUT2D eigenvalue weighted by molar-refractivity contribution is 0.0379. The van der Waals surface area contributed by atoms with E-state index in [1.807, 2.05) is 0 Å². The molecule has 1 unspecified atom stereocenters. The SMILES string of the molecule is CCC1CN(c2nc(N)nc(N3CCCCC3)n2)CCO1. The van der Waals surface area contributed by atoms with Gasteiger partial charge >= 0.3 is 0 Å². The molecule has 2 fully saturated rings. The molecule has 0 bridgehead atoms. The Hall–Kier alpha value is -1.63. The molecule has 116 valence electrons. The van der Waals surface area contributed by atoms with Crippen molar-refractivity contribution in [2.75, 3.05) is 48.3 Å². The summed E-state index contributed by atoms with van der Waals surface area (Å²) in [5.74, 6) is 1.71. The smallest absolute Gasteiger partial charge is 0.232 e. The maximum atomic E-state index is 5.89. The van der Waals surface area contributed by atoms with Crippen molar-refractivity contribution in [3.05, 3.63) is 0 Å². The minimum absolute atomic E-state index is 0.246. The third-order valence-electron chi connectivity index (χ3n) is 4.14. The lowest BCUT2D eigenvalue weighted by atomic mass is 10.1. The van der Waals surface area contributed by atoms with E-state index in [1.54, 1.807) is 0 Å². The number of aromatic nitrogens is 3. The summed E-state index contributed by atoms with van der Waals surface area (Å²) in [6, 6.07) is 0. The largest absolute Gasteiger partial charge is 0.375 e. The van der Waals surface area contributed by atoms with Gasteiger partial charge in [-0.05, 0) is 25.7 Å². The number of nitrogen functional groups attached to an aromatic ring is 1. The van der Waals surface area contributed by atoms with Gasteiger partial charge in [0.15, 0.2) is 0 Å². The van der Waals surface area contributed by atoms with Gasteiger partial charge in [0.2, 0.25) is 17.8 Å². The third kappa shape index (κ3) is 3.34. The van der Waals surface area contributed by atoms with E-state index < -0.39 is 0 Å². The number of piperidine rings is 1. The fourth-order valence-electron chi connectivity index (χ4n) is 2.89.